The van der Waals surface area contributed by atoms with Crippen molar-refractivity contribution in [3.8, 4) is 0 Å². The first-order valence-electron chi connectivity index (χ1n) is 4.75. The van der Waals surface area contributed by atoms with E-state index in [1.165, 1.54) is 12.1 Å². The molecule has 1 atom stereocenters. The molecule has 0 aliphatic heterocycles. The van der Waals surface area contributed by atoms with Crippen LogP contribution in [0.3, 0.4) is 0 Å². The maximum Gasteiger partial charge on any atom is 0.123 e. The highest BCUT2D eigenvalue weighted by Crippen LogP contribution is 2.28. The predicted molar refractivity (Wildman–Crippen MR) is 64.3 cm³/mol. The lowest BCUT2D eigenvalue weighted by Gasteiger charge is -2.17. The Morgan fingerprint density at radius 1 is 1.31 bits per heavy atom. The Bertz CT molecular complexity index is 470. The van der Waals surface area contributed by atoms with E-state index in [9.17, 15) is 4.39 Å². The number of hydrogen-bond donors (Lipinski definition) is 3. The standard InChI is InChI=1S/C11H12FN3S/c12-8-1-2-10(13)9(5-8)11(15-14)7-3-4-16-6-7/h1-6,11,15H,13-14H2. The summed E-state index contributed by atoms with van der Waals surface area (Å²) < 4.78 is 13.2. The van der Waals surface area contributed by atoms with Gasteiger partial charge in [-0.25, -0.2) is 9.82 Å². The first-order valence-corrected chi connectivity index (χ1v) is 5.70. The molecule has 16 heavy (non-hydrogen) atoms. The van der Waals surface area contributed by atoms with Crippen molar-refractivity contribution in [1.82, 2.24) is 5.43 Å². The maximum absolute atomic E-state index is 13.2. The number of anilines is 1. The summed E-state index contributed by atoms with van der Waals surface area (Å²) in [4.78, 5) is 0. The first-order chi connectivity index (χ1) is 7.72. The minimum absolute atomic E-state index is 0.276. The molecular formula is C11H12FN3S. The molecule has 1 heterocycles. The summed E-state index contributed by atoms with van der Waals surface area (Å²) in [6.45, 7) is 0. The van der Waals surface area contributed by atoms with Crippen LogP contribution in [0, 0.1) is 5.82 Å². The van der Waals surface area contributed by atoms with Crippen LogP contribution < -0.4 is 17.0 Å². The maximum atomic E-state index is 13.2. The highest BCUT2D eigenvalue weighted by molar-refractivity contribution is 7.08. The SMILES string of the molecule is NNC(c1ccsc1)c1cc(F)ccc1N. The summed E-state index contributed by atoms with van der Waals surface area (Å²) in [5, 5.41) is 3.89. The average Bonchev–Trinajstić information content (AvgIpc) is 2.78. The van der Waals surface area contributed by atoms with Gasteiger partial charge >= 0.3 is 0 Å². The zero-order valence-electron chi connectivity index (χ0n) is 8.48. The Balaban J connectivity index is 2.44. The summed E-state index contributed by atoms with van der Waals surface area (Å²) >= 11 is 1.56. The van der Waals surface area contributed by atoms with E-state index >= 15 is 0 Å². The van der Waals surface area contributed by atoms with Gasteiger partial charge in [0.1, 0.15) is 5.82 Å². The van der Waals surface area contributed by atoms with Gasteiger partial charge in [0, 0.05) is 11.3 Å². The third-order valence-corrected chi connectivity index (χ3v) is 3.10. The van der Waals surface area contributed by atoms with Gasteiger partial charge in [0.2, 0.25) is 0 Å². The molecule has 84 valence electrons. The molecule has 1 unspecified atom stereocenters. The van der Waals surface area contributed by atoms with Crippen LogP contribution in [0.4, 0.5) is 10.1 Å². The molecule has 0 saturated carbocycles. The highest BCUT2D eigenvalue weighted by Gasteiger charge is 2.16. The lowest BCUT2D eigenvalue weighted by Crippen LogP contribution is -2.29. The van der Waals surface area contributed by atoms with Crippen molar-refractivity contribution in [1.29, 1.82) is 0 Å². The van der Waals surface area contributed by atoms with E-state index in [1.807, 2.05) is 16.8 Å². The highest BCUT2D eigenvalue weighted by atomic mass is 32.1. The van der Waals surface area contributed by atoms with Gasteiger partial charge in [-0.3, -0.25) is 5.84 Å². The second kappa shape index (κ2) is 4.61. The van der Waals surface area contributed by atoms with Gasteiger partial charge in [0.05, 0.1) is 6.04 Å². The Morgan fingerprint density at radius 2 is 2.12 bits per heavy atom. The third-order valence-electron chi connectivity index (χ3n) is 2.40. The number of rotatable bonds is 3. The van der Waals surface area contributed by atoms with E-state index < -0.39 is 0 Å². The first kappa shape index (κ1) is 11.1. The fourth-order valence-corrected chi connectivity index (χ4v) is 2.29. The van der Waals surface area contributed by atoms with Crippen LogP contribution in [0.2, 0.25) is 0 Å². The smallest absolute Gasteiger partial charge is 0.123 e. The molecule has 0 aliphatic rings. The van der Waals surface area contributed by atoms with Crippen LogP contribution in [-0.4, -0.2) is 0 Å². The van der Waals surface area contributed by atoms with Crippen LogP contribution >= 0.6 is 11.3 Å². The van der Waals surface area contributed by atoms with Crippen molar-refractivity contribution in [2.24, 2.45) is 5.84 Å². The average molecular weight is 237 g/mol. The molecular weight excluding hydrogens is 225 g/mol. The molecule has 0 radical (unpaired) electrons. The van der Waals surface area contributed by atoms with Crippen LogP contribution in [0.5, 0.6) is 0 Å². The zero-order chi connectivity index (χ0) is 11.5. The van der Waals surface area contributed by atoms with E-state index in [-0.39, 0.29) is 11.9 Å². The molecule has 2 rings (SSSR count). The van der Waals surface area contributed by atoms with Gasteiger partial charge < -0.3 is 5.73 Å². The van der Waals surface area contributed by atoms with Gasteiger partial charge in [-0.1, -0.05) is 0 Å². The molecule has 5 N–H and O–H groups in total. The van der Waals surface area contributed by atoms with E-state index in [0.717, 1.165) is 5.56 Å². The van der Waals surface area contributed by atoms with Crippen molar-refractivity contribution >= 4 is 17.0 Å². The van der Waals surface area contributed by atoms with Crippen LogP contribution in [-0.2, 0) is 0 Å². The Labute approximate surface area is 96.9 Å². The van der Waals surface area contributed by atoms with Crippen LogP contribution in [0.1, 0.15) is 17.2 Å². The molecule has 3 nitrogen and oxygen atoms in total. The van der Waals surface area contributed by atoms with E-state index in [1.54, 1.807) is 17.4 Å². The summed E-state index contributed by atoms with van der Waals surface area (Å²) in [5.74, 6) is 5.17. The summed E-state index contributed by atoms with van der Waals surface area (Å²) in [6, 6.07) is 5.93. The van der Waals surface area contributed by atoms with Gasteiger partial charge in [0.25, 0.3) is 0 Å². The second-order valence-corrected chi connectivity index (χ2v) is 4.21. The molecule has 1 aromatic carbocycles. The molecule has 0 saturated heterocycles. The minimum Gasteiger partial charge on any atom is -0.398 e. The van der Waals surface area contributed by atoms with Crippen molar-refractivity contribution in [3.05, 3.63) is 52.0 Å². The molecule has 2 aromatic rings. The van der Waals surface area contributed by atoms with Gasteiger partial charge in [-0.05, 0) is 40.6 Å². The lowest BCUT2D eigenvalue weighted by molar-refractivity contribution is 0.607. The zero-order valence-corrected chi connectivity index (χ0v) is 9.30. The monoisotopic (exact) mass is 237 g/mol. The van der Waals surface area contributed by atoms with Crippen molar-refractivity contribution in [2.45, 2.75) is 6.04 Å². The number of nitrogens with one attached hydrogen (secondary N) is 1. The molecule has 0 amide bonds. The fraction of sp³-hybridized carbons (Fsp3) is 0.0909. The van der Waals surface area contributed by atoms with Crippen LogP contribution in [0.25, 0.3) is 0 Å². The topological polar surface area (TPSA) is 64.1 Å². The molecule has 0 bridgehead atoms. The number of hydrazine groups is 1. The number of halogens is 1. The van der Waals surface area contributed by atoms with Crippen molar-refractivity contribution in [3.63, 3.8) is 0 Å². The summed E-state index contributed by atoms with van der Waals surface area (Å²) in [5.41, 5.74) is 10.6. The Morgan fingerprint density at radius 3 is 2.75 bits per heavy atom. The molecule has 0 aliphatic carbocycles. The number of thiophene rings is 1. The third kappa shape index (κ3) is 2.06. The number of hydrogen-bond acceptors (Lipinski definition) is 4. The van der Waals surface area contributed by atoms with E-state index in [4.69, 9.17) is 11.6 Å². The number of nitrogens with two attached hydrogens (primary N) is 2. The second-order valence-electron chi connectivity index (χ2n) is 3.43. The Hall–Kier alpha value is -1.43. The predicted octanol–water partition coefficient (Wildman–Crippen LogP) is 2.02. The van der Waals surface area contributed by atoms with Crippen molar-refractivity contribution in [2.75, 3.05) is 5.73 Å². The van der Waals surface area contributed by atoms with E-state index in [0.29, 0.717) is 11.3 Å². The largest absolute Gasteiger partial charge is 0.398 e. The summed E-state index contributed by atoms with van der Waals surface area (Å²) in [7, 11) is 0. The minimum atomic E-state index is -0.320. The molecule has 0 fully saturated rings. The number of nitrogen functional groups attached to an aromatic ring is 1. The van der Waals surface area contributed by atoms with Gasteiger partial charge in [0.15, 0.2) is 0 Å². The quantitative estimate of drug-likeness (QED) is 0.435. The fourth-order valence-electron chi connectivity index (χ4n) is 1.60. The molecule has 1 aromatic heterocycles. The molecule has 0 spiro atoms. The Kier molecular flexibility index (Phi) is 3.19. The van der Waals surface area contributed by atoms with Gasteiger partial charge in [-0.2, -0.15) is 11.3 Å². The lowest BCUT2D eigenvalue weighted by atomic mass is 10.0. The van der Waals surface area contributed by atoms with E-state index in [2.05, 4.69) is 5.43 Å². The normalized spacial score (nSPS) is 12.6. The van der Waals surface area contributed by atoms with Crippen molar-refractivity contribution < 1.29 is 4.39 Å². The molecule has 5 heteroatoms. The summed E-state index contributed by atoms with van der Waals surface area (Å²) in [6.07, 6.45) is 0. The van der Waals surface area contributed by atoms with Gasteiger partial charge in [-0.15, -0.1) is 0 Å². The van der Waals surface area contributed by atoms with Crippen LogP contribution in [0.15, 0.2) is 35.0 Å². The number of benzene rings is 1.